The Balaban J connectivity index is 1.59. The standard InChI is InChI=1S/C20H13Cl2N3O3/c21-12-3-5-14-11(8-12)9-17(23-14)19(26)24-15-6-4-13(22)10-16(15)25-20(27)18-2-1-7-28-18/h1-10,23H,(H,24,26)(H,25,27). The summed E-state index contributed by atoms with van der Waals surface area (Å²) in [5.41, 5.74) is 1.89. The van der Waals surface area contributed by atoms with Gasteiger partial charge in [0.1, 0.15) is 5.69 Å². The third kappa shape index (κ3) is 3.74. The predicted molar refractivity (Wildman–Crippen MR) is 109 cm³/mol. The Morgan fingerprint density at radius 1 is 0.857 bits per heavy atom. The second kappa shape index (κ2) is 7.42. The molecule has 0 saturated heterocycles. The number of amides is 2. The van der Waals surface area contributed by atoms with Crippen LogP contribution in [0.2, 0.25) is 10.0 Å². The number of furan rings is 1. The Morgan fingerprint density at radius 3 is 2.39 bits per heavy atom. The van der Waals surface area contributed by atoms with Crippen molar-refractivity contribution in [3.63, 3.8) is 0 Å². The van der Waals surface area contributed by atoms with E-state index in [0.29, 0.717) is 27.1 Å². The molecule has 0 saturated carbocycles. The molecule has 28 heavy (non-hydrogen) atoms. The summed E-state index contributed by atoms with van der Waals surface area (Å²) in [4.78, 5) is 28.0. The van der Waals surface area contributed by atoms with Gasteiger partial charge in [-0.1, -0.05) is 23.2 Å². The number of anilines is 2. The van der Waals surface area contributed by atoms with Crippen LogP contribution < -0.4 is 10.6 Å². The average molecular weight is 414 g/mol. The first kappa shape index (κ1) is 18.2. The quantitative estimate of drug-likeness (QED) is 0.408. The molecule has 0 fully saturated rings. The van der Waals surface area contributed by atoms with Crippen LogP contribution in [0, 0.1) is 0 Å². The maximum Gasteiger partial charge on any atom is 0.291 e. The third-order valence-corrected chi connectivity index (χ3v) is 4.52. The van der Waals surface area contributed by atoms with E-state index in [9.17, 15) is 9.59 Å². The highest BCUT2D eigenvalue weighted by molar-refractivity contribution is 6.31. The molecule has 4 aromatic rings. The first-order valence-electron chi connectivity index (χ1n) is 8.23. The lowest BCUT2D eigenvalue weighted by molar-refractivity contribution is 0.0993. The number of aromatic nitrogens is 1. The normalized spacial score (nSPS) is 10.8. The van der Waals surface area contributed by atoms with Crippen LogP contribution in [0.15, 0.2) is 65.3 Å². The lowest BCUT2D eigenvalue weighted by Crippen LogP contribution is -2.16. The number of halogens is 2. The van der Waals surface area contributed by atoms with Crippen molar-refractivity contribution in [2.45, 2.75) is 0 Å². The number of carbonyl (C=O) groups excluding carboxylic acids is 2. The highest BCUT2D eigenvalue weighted by atomic mass is 35.5. The fourth-order valence-electron chi connectivity index (χ4n) is 2.74. The molecule has 3 N–H and O–H groups in total. The molecule has 2 aromatic carbocycles. The largest absolute Gasteiger partial charge is 0.459 e. The van der Waals surface area contributed by atoms with E-state index in [1.54, 1.807) is 48.5 Å². The summed E-state index contributed by atoms with van der Waals surface area (Å²) < 4.78 is 5.08. The fraction of sp³-hybridized carbons (Fsp3) is 0. The number of hydrogen-bond donors (Lipinski definition) is 3. The molecule has 140 valence electrons. The van der Waals surface area contributed by atoms with E-state index in [1.807, 2.05) is 0 Å². The Kier molecular flexibility index (Phi) is 4.81. The van der Waals surface area contributed by atoms with Gasteiger partial charge in [0, 0.05) is 20.9 Å². The van der Waals surface area contributed by atoms with Crippen LogP contribution in [0.3, 0.4) is 0 Å². The van der Waals surface area contributed by atoms with Crippen molar-refractivity contribution in [3.05, 3.63) is 82.4 Å². The second-order valence-corrected chi connectivity index (χ2v) is 6.86. The van der Waals surface area contributed by atoms with Gasteiger partial charge in [0.15, 0.2) is 5.76 Å². The molecule has 0 aliphatic carbocycles. The number of rotatable bonds is 4. The Hall–Kier alpha value is -3.22. The predicted octanol–water partition coefficient (Wildman–Crippen LogP) is 5.57. The van der Waals surface area contributed by atoms with Crippen LogP contribution in [0.4, 0.5) is 11.4 Å². The maximum absolute atomic E-state index is 12.7. The van der Waals surface area contributed by atoms with Crippen LogP contribution >= 0.6 is 23.2 Å². The number of H-pyrrole nitrogens is 1. The van der Waals surface area contributed by atoms with E-state index >= 15 is 0 Å². The highest BCUT2D eigenvalue weighted by Crippen LogP contribution is 2.27. The van der Waals surface area contributed by atoms with Crippen LogP contribution in [0.5, 0.6) is 0 Å². The van der Waals surface area contributed by atoms with Gasteiger partial charge < -0.3 is 20.0 Å². The van der Waals surface area contributed by atoms with Crippen molar-refractivity contribution in [1.82, 2.24) is 4.98 Å². The lowest BCUT2D eigenvalue weighted by atomic mass is 10.2. The molecule has 0 radical (unpaired) electrons. The van der Waals surface area contributed by atoms with Gasteiger partial charge in [-0.3, -0.25) is 9.59 Å². The summed E-state index contributed by atoms with van der Waals surface area (Å²) in [6.45, 7) is 0. The van der Waals surface area contributed by atoms with E-state index in [4.69, 9.17) is 27.6 Å². The molecule has 0 aliphatic rings. The zero-order valence-electron chi connectivity index (χ0n) is 14.3. The van der Waals surface area contributed by atoms with E-state index in [0.717, 1.165) is 10.9 Å². The van der Waals surface area contributed by atoms with Crippen molar-refractivity contribution >= 4 is 57.3 Å². The van der Waals surface area contributed by atoms with Gasteiger partial charge in [-0.25, -0.2) is 0 Å². The monoisotopic (exact) mass is 413 g/mol. The average Bonchev–Trinajstić information content (AvgIpc) is 3.33. The molecule has 2 heterocycles. The highest BCUT2D eigenvalue weighted by Gasteiger charge is 2.15. The minimum Gasteiger partial charge on any atom is -0.459 e. The summed E-state index contributed by atoms with van der Waals surface area (Å²) in [5, 5.41) is 7.27. The molecule has 2 amide bonds. The summed E-state index contributed by atoms with van der Waals surface area (Å²) in [6.07, 6.45) is 1.40. The van der Waals surface area contributed by atoms with Crippen molar-refractivity contribution in [3.8, 4) is 0 Å². The molecule has 8 heteroatoms. The number of nitrogens with one attached hydrogen (secondary N) is 3. The van der Waals surface area contributed by atoms with E-state index in [1.165, 1.54) is 12.3 Å². The SMILES string of the molecule is O=C(Nc1ccc(Cl)cc1NC(=O)c1ccco1)c1cc2cc(Cl)ccc2[nH]1. The van der Waals surface area contributed by atoms with Crippen LogP contribution in [0.25, 0.3) is 10.9 Å². The van der Waals surface area contributed by atoms with Crippen LogP contribution in [0.1, 0.15) is 21.0 Å². The second-order valence-electron chi connectivity index (χ2n) is 5.99. The number of benzene rings is 2. The zero-order chi connectivity index (χ0) is 19.7. The molecular weight excluding hydrogens is 401 g/mol. The maximum atomic E-state index is 12.7. The van der Waals surface area contributed by atoms with Crippen LogP contribution in [-0.2, 0) is 0 Å². The van der Waals surface area contributed by atoms with Gasteiger partial charge in [-0.05, 0) is 54.6 Å². The molecule has 0 bridgehead atoms. The molecule has 0 aliphatic heterocycles. The molecule has 2 aromatic heterocycles. The summed E-state index contributed by atoms with van der Waals surface area (Å²) >= 11 is 12.0. The summed E-state index contributed by atoms with van der Waals surface area (Å²) in [5.74, 6) is -0.684. The minimum atomic E-state index is -0.456. The molecular formula is C20H13Cl2N3O3. The van der Waals surface area contributed by atoms with E-state index in [-0.39, 0.29) is 11.7 Å². The van der Waals surface area contributed by atoms with Crippen molar-refractivity contribution in [2.24, 2.45) is 0 Å². The third-order valence-electron chi connectivity index (χ3n) is 4.05. The number of carbonyl (C=O) groups is 2. The van der Waals surface area contributed by atoms with Gasteiger partial charge in [0.05, 0.1) is 17.6 Å². The van der Waals surface area contributed by atoms with Crippen molar-refractivity contribution in [2.75, 3.05) is 10.6 Å². The number of aromatic amines is 1. The van der Waals surface area contributed by atoms with E-state index in [2.05, 4.69) is 15.6 Å². The molecule has 0 unspecified atom stereocenters. The molecule has 0 spiro atoms. The summed E-state index contributed by atoms with van der Waals surface area (Å²) in [6, 6.07) is 14.9. The van der Waals surface area contributed by atoms with Crippen LogP contribution in [-0.4, -0.2) is 16.8 Å². The minimum absolute atomic E-state index is 0.143. The molecule has 0 atom stereocenters. The van der Waals surface area contributed by atoms with Crippen molar-refractivity contribution in [1.29, 1.82) is 0 Å². The first-order valence-corrected chi connectivity index (χ1v) is 8.99. The molecule has 6 nitrogen and oxygen atoms in total. The fourth-order valence-corrected chi connectivity index (χ4v) is 3.09. The van der Waals surface area contributed by atoms with Gasteiger partial charge >= 0.3 is 0 Å². The van der Waals surface area contributed by atoms with Gasteiger partial charge in [0.2, 0.25) is 0 Å². The number of fused-ring (bicyclic) bond motifs is 1. The molecule has 4 rings (SSSR count). The Morgan fingerprint density at radius 2 is 1.61 bits per heavy atom. The Bertz CT molecular complexity index is 1180. The lowest BCUT2D eigenvalue weighted by Gasteiger charge is -2.12. The van der Waals surface area contributed by atoms with Gasteiger partial charge in [-0.2, -0.15) is 0 Å². The zero-order valence-corrected chi connectivity index (χ0v) is 15.8. The smallest absolute Gasteiger partial charge is 0.291 e. The Labute approximate surface area is 169 Å². The van der Waals surface area contributed by atoms with Gasteiger partial charge in [0.25, 0.3) is 11.8 Å². The topological polar surface area (TPSA) is 87.1 Å². The number of hydrogen-bond acceptors (Lipinski definition) is 3. The van der Waals surface area contributed by atoms with E-state index < -0.39 is 5.91 Å². The summed E-state index contributed by atoms with van der Waals surface area (Å²) in [7, 11) is 0. The van der Waals surface area contributed by atoms with Gasteiger partial charge in [-0.15, -0.1) is 0 Å². The first-order chi connectivity index (χ1) is 13.5. The van der Waals surface area contributed by atoms with Crippen molar-refractivity contribution < 1.29 is 14.0 Å².